The Balaban J connectivity index is 1.62. The van der Waals surface area contributed by atoms with Gasteiger partial charge in [0.2, 0.25) is 5.91 Å². The Morgan fingerprint density at radius 3 is 2.29 bits per heavy atom. The molecule has 2 heterocycles. The zero-order valence-electron chi connectivity index (χ0n) is 19.0. The first-order valence-corrected chi connectivity index (χ1v) is 11.1. The number of hydrogen-bond donors (Lipinski definition) is 2. The summed E-state index contributed by atoms with van der Waals surface area (Å²) < 4.78 is 28.8. The summed E-state index contributed by atoms with van der Waals surface area (Å²) in [6.07, 6.45) is 0. The van der Waals surface area contributed by atoms with Crippen molar-refractivity contribution in [2.24, 2.45) is 0 Å². The zero-order chi connectivity index (χ0) is 24.7. The van der Waals surface area contributed by atoms with E-state index in [1.165, 1.54) is 28.9 Å². The molecule has 5 rings (SSSR count). The highest BCUT2D eigenvalue weighted by atomic mass is 19.1. The van der Waals surface area contributed by atoms with Gasteiger partial charge in [-0.05, 0) is 67.9 Å². The molecule has 35 heavy (non-hydrogen) atoms. The monoisotopic (exact) mass is 472 g/mol. The molecule has 2 atom stereocenters. The molecule has 0 saturated heterocycles. The van der Waals surface area contributed by atoms with Crippen LogP contribution in [0.5, 0.6) is 0 Å². The van der Waals surface area contributed by atoms with Gasteiger partial charge in [0.25, 0.3) is 5.91 Å². The van der Waals surface area contributed by atoms with Crippen LogP contribution in [0.4, 0.5) is 14.6 Å². The molecular formula is C27H22F2N4O2. The normalized spacial score (nSPS) is 17.0. The van der Waals surface area contributed by atoms with Crippen LogP contribution < -0.4 is 10.6 Å². The van der Waals surface area contributed by atoms with Crippen molar-refractivity contribution in [2.45, 2.75) is 25.8 Å². The molecule has 3 aromatic carbocycles. The number of hydrogen-bond acceptors (Lipinski definition) is 3. The Labute approximate surface area is 200 Å². The van der Waals surface area contributed by atoms with Gasteiger partial charge in [0.15, 0.2) is 0 Å². The van der Waals surface area contributed by atoms with Gasteiger partial charge in [0, 0.05) is 17.0 Å². The van der Waals surface area contributed by atoms with Crippen molar-refractivity contribution in [1.82, 2.24) is 15.1 Å². The van der Waals surface area contributed by atoms with E-state index >= 15 is 0 Å². The largest absolute Gasteiger partial charge is 0.339 e. The molecule has 1 aromatic heterocycles. The lowest BCUT2D eigenvalue weighted by Gasteiger charge is -2.32. The van der Waals surface area contributed by atoms with Crippen molar-refractivity contribution in [1.29, 1.82) is 0 Å². The van der Waals surface area contributed by atoms with Gasteiger partial charge in [-0.3, -0.25) is 9.59 Å². The Morgan fingerprint density at radius 2 is 1.63 bits per heavy atom. The predicted molar refractivity (Wildman–Crippen MR) is 128 cm³/mol. The van der Waals surface area contributed by atoms with E-state index < -0.39 is 35.4 Å². The fraction of sp³-hybridized carbons (Fsp3) is 0.148. The van der Waals surface area contributed by atoms with Gasteiger partial charge in [-0.15, -0.1) is 0 Å². The highest BCUT2D eigenvalue weighted by molar-refractivity contribution is 6.04. The molecule has 0 bridgehead atoms. The van der Waals surface area contributed by atoms with Crippen molar-refractivity contribution in [2.75, 3.05) is 5.32 Å². The highest BCUT2D eigenvalue weighted by Gasteiger charge is 2.41. The second kappa shape index (κ2) is 8.79. The molecule has 1 aliphatic heterocycles. The number of aromatic nitrogens is 2. The maximum Gasteiger partial charge on any atom is 0.251 e. The van der Waals surface area contributed by atoms with Crippen LogP contribution in [-0.2, 0) is 4.79 Å². The van der Waals surface area contributed by atoms with Crippen molar-refractivity contribution in [3.8, 4) is 5.69 Å². The van der Waals surface area contributed by atoms with Gasteiger partial charge in [-0.2, -0.15) is 5.10 Å². The zero-order valence-corrected chi connectivity index (χ0v) is 19.0. The highest BCUT2D eigenvalue weighted by Crippen LogP contribution is 2.40. The molecule has 0 unspecified atom stereocenters. The minimum atomic E-state index is -0.967. The Morgan fingerprint density at radius 1 is 0.971 bits per heavy atom. The van der Waals surface area contributed by atoms with Gasteiger partial charge in [0.1, 0.15) is 23.5 Å². The van der Waals surface area contributed by atoms with Crippen molar-refractivity contribution in [3.63, 3.8) is 0 Å². The number of anilines is 1. The second-order valence-corrected chi connectivity index (χ2v) is 8.57. The van der Waals surface area contributed by atoms with Gasteiger partial charge >= 0.3 is 0 Å². The Bertz CT molecular complexity index is 1430. The second-order valence-electron chi connectivity index (χ2n) is 8.57. The fourth-order valence-corrected chi connectivity index (χ4v) is 4.50. The van der Waals surface area contributed by atoms with E-state index in [0.29, 0.717) is 33.9 Å². The van der Waals surface area contributed by atoms with E-state index in [2.05, 4.69) is 15.7 Å². The summed E-state index contributed by atoms with van der Waals surface area (Å²) in [7, 11) is 0. The number of rotatable bonds is 4. The van der Waals surface area contributed by atoms with Crippen LogP contribution in [0.2, 0.25) is 0 Å². The van der Waals surface area contributed by atoms with Gasteiger partial charge in [-0.1, -0.05) is 29.8 Å². The van der Waals surface area contributed by atoms with Crippen molar-refractivity contribution >= 4 is 17.6 Å². The first kappa shape index (κ1) is 22.5. The summed E-state index contributed by atoms with van der Waals surface area (Å²) in [6, 6.07) is 17.7. The van der Waals surface area contributed by atoms with E-state index in [1.807, 2.05) is 13.0 Å². The molecule has 0 saturated carbocycles. The summed E-state index contributed by atoms with van der Waals surface area (Å²) in [5.41, 5.74) is 3.87. The number of benzene rings is 3. The quantitative estimate of drug-likeness (QED) is 0.454. The minimum Gasteiger partial charge on any atom is -0.339 e. The molecule has 176 valence electrons. The van der Waals surface area contributed by atoms with Gasteiger partial charge in [0.05, 0.1) is 11.4 Å². The van der Waals surface area contributed by atoms with Crippen molar-refractivity contribution < 1.29 is 18.4 Å². The van der Waals surface area contributed by atoms with Crippen LogP contribution in [0.25, 0.3) is 5.69 Å². The third-order valence-corrected chi connectivity index (χ3v) is 6.14. The topological polar surface area (TPSA) is 76.0 Å². The van der Waals surface area contributed by atoms with Crippen LogP contribution in [0.15, 0.2) is 72.8 Å². The molecule has 2 N–H and O–H groups in total. The minimum absolute atomic E-state index is 0.390. The van der Waals surface area contributed by atoms with Gasteiger partial charge < -0.3 is 10.6 Å². The molecule has 4 aromatic rings. The van der Waals surface area contributed by atoms with Crippen LogP contribution in [-0.4, -0.2) is 27.6 Å². The molecule has 0 radical (unpaired) electrons. The average Bonchev–Trinajstić information content (AvgIpc) is 3.16. The number of aryl methyl sites for hydroxylation is 2. The number of nitrogens with one attached hydrogen (secondary N) is 2. The van der Waals surface area contributed by atoms with Crippen LogP contribution in [0.1, 0.15) is 38.7 Å². The number of carbonyl (C=O) groups excluding carboxylic acids is 2. The van der Waals surface area contributed by atoms with Crippen LogP contribution in [0, 0.1) is 25.5 Å². The molecule has 1 aliphatic rings. The third-order valence-electron chi connectivity index (χ3n) is 6.14. The smallest absolute Gasteiger partial charge is 0.251 e. The summed E-state index contributed by atoms with van der Waals surface area (Å²) in [4.78, 5) is 26.5. The van der Waals surface area contributed by atoms with E-state index in [4.69, 9.17) is 0 Å². The standard InChI is InChI=1S/C27H22F2N4O2/c1-15-4-3-5-18(14-15)26(34)30-24-23(17-6-8-19(28)9-7-17)22-16(2)32-33(25(22)31-27(24)35)21-12-10-20(29)11-13-21/h3-14,23-24H,1-2H3,(H,30,34)(H,31,35)/t23-,24-/m0/s1. The third kappa shape index (κ3) is 4.19. The average molecular weight is 472 g/mol. The first-order valence-electron chi connectivity index (χ1n) is 11.1. The van der Waals surface area contributed by atoms with Crippen LogP contribution in [0.3, 0.4) is 0 Å². The first-order chi connectivity index (χ1) is 16.8. The van der Waals surface area contributed by atoms with E-state index in [1.54, 1.807) is 49.4 Å². The number of fused-ring (bicyclic) bond motifs is 1. The fourth-order valence-electron chi connectivity index (χ4n) is 4.50. The SMILES string of the molecule is Cc1cccc(C(=O)N[C@@H]2C(=O)Nc3c(c(C)nn3-c3ccc(F)cc3)[C@@H]2c2ccc(F)cc2)c1. The maximum absolute atomic E-state index is 13.7. The lowest BCUT2D eigenvalue weighted by molar-refractivity contribution is -0.118. The Kier molecular flexibility index (Phi) is 5.64. The van der Waals surface area contributed by atoms with E-state index in [-0.39, 0.29) is 0 Å². The Hall–Kier alpha value is -4.33. The number of amides is 2. The molecule has 2 amide bonds. The van der Waals surface area contributed by atoms with Gasteiger partial charge in [-0.25, -0.2) is 13.5 Å². The lowest BCUT2D eigenvalue weighted by atomic mass is 9.82. The lowest BCUT2D eigenvalue weighted by Crippen LogP contribution is -2.50. The molecule has 6 nitrogen and oxygen atoms in total. The molecule has 0 spiro atoms. The molecule has 8 heteroatoms. The summed E-state index contributed by atoms with van der Waals surface area (Å²) in [5.74, 6) is -1.83. The van der Waals surface area contributed by atoms with E-state index in [9.17, 15) is 18.4 Å². The summed E-state index contributed by atoms with van der Waals surface area (Å²) in [5, 5.41) is 10.3. The predicted octanol–water partition coefficient (Wildman–Crippen LogP) is 4.65. The number of nitrogens with zero attached hydrogens (tertiary/aromatic N) is 2. The molecule has 0 aliphatic carbocycles. The summed E-state index contributed by atoms with van der Waals surface area (Å²) >= 11 is 0. The number of carbonyl (C=O) groups is 2. The molecule has 0 fully saturated rings. The molecular weight excluding hydrogens is 450 g/mol. The summed E-state index contributed by atoms with van der Waals surface area (Å²) in [6.45, 7) is 3.68. The maximum atomic E-state index is 13.7. The van der Waals surface area contributed by atoms with E-state index in [0.717, 1.165) is 5.56 Å². The number of halogens is 2. The van der Waals surface area contributed by atoms with Crippen molar-refractivity contribution in [3.05, 3.63) is 112 Å². The van der Waals surface area contributed by atoms with Crippen LogP contribution >= 0.6 is 0 Å².